The smallest absolute Gasteiger partial charge is 0.347 e. The van der Waals surface area contributed by atoms with Crippen molar-refractivity contribution in [2.75, 3.05) is 0 Å². The SMILES string of the molecule is Cc1ccsc1C=C1Oc2cc(OC(=O)c3c(C)oc4ccc(OCc5ccccc5)cc34)ccc2C1=O. The number of ketones is 1. The predicted octanol–water partition coefficient (Wildman–Crippen LogP) is 7.53. The molecule has 38 heavy (non-hydrogen) atoms. The molecular weight excluding hydrogens is 500 g/mol. The number of fused-ring (bicyclic) bond motifs is 2. The molecule has 0 amide bonds. The number of Topliss-reactive ketones (excluding diaryl/α,β-unsaturated/α-hetero) is 1. The Labute approximate surface area is 222 Å². The van der Waals surface area contributed by atoms with Crippen LogP contribution in [0, 0.1) is 13.8 Å². The lowest BCUT2D eigenvalue weighted by molar-refractivity contribution is 0.0734. The fraction of sp³-hybridized carbons (Fsp3) is 0.0968. The maximum atomic E-state index is 13.2. The number of ether oxygens (including phenoxy) is 3. The summed E-state index contributed by atoms with van der Waals surface area (Å²) in [5.41, 5.74) is 3.41. The lowest BCUT2D eigenvalue weighted by Gasteiger charge is -2.07. The fourth-order valence-corrected chi connectivity index (χ4v) is 5.17. The predicted molar refractivity (Wildman–Crippen MR) is 145 cm³/mol. The number of hydrogen-bond donors (Lipinski definition) is 0. The Bertz CT molecular complexity index is 1720. The second kappa shape index (κ2) is 9.68. The van der Waals surface area contributed by atoms with Gasteiger partial charge in [0.2, 0.25) is 5.78 Å². The summed E-state index contributed by atoms with van der Waals surface area (Å²) < 4.78 is 23.3. The Morgan fingerprint density at radius 2 is 1.79 bits per heavy atom. The lowest BCUT2D eigenvalue weighted by Crippen LogP contribution is -2.09. The standard InChI is InChI=1S/C31H22O6S/c1-18-12-13-38-28(18)16-27-30(32)23-10-8-22(15-26(23)37-27)36-31(33)29-19(2)35-25-11-9-21(14-24(25)29)34-17-20-6-4-3-5-7-20/h3-16H,17H2,1-2H3. The van der Waals surface area contributed by atoms with Crippen LogP contribution in [0.15, 0.2) is 88.4 Å². The summed E-state index contributed by atoms with van der Waals surface area (Å²) in [5.74, 6) is 1.14. The lowest BCUT2D eigenvalue weighted by atomic mass is 10.1. The molecule has 3 heterocycles. The van der Waals surface area contributed by atoms with Crippen LogP contribution in [0.1, 0.15) is 42.5 Å². The van der Waals surface area contributed by atoms with Crippen molar-refractivity contribution in [3.63, 3.8) is 0 Å². The highest BCUT2D eigenvalue weighted by molar-refractivity contribution is 7.11. The number of hydrogen-bond acceptors (Lipinski definition) is 7. The minimum absolute atomic E-state index is 0.203. The molecule has 6 nitrogen and oxygen atoms in total. The quantitative estimate of drug-likeness (QED) is 0.130. The largest absolute Gasteiger partial charge is 0.489 e. The molecule has 5 aromatic rings. The highest BCUT2D eigenvalue weighted by Crippen LogP contribution is 2.36. The van der Waals surface area contributed by atoms with Crippen molar-refractivity contribution < 1.29 is 28.2 Å². The van der Waals surface area contributed by atoms with Gasteiger partial charge < -0.3 is 18.6 Å². The van der Waals surface area contributed by atoms with E-state index < -0.39 is 5.97 Å². The topological polar surface area (TPSA) is 75.0 Å². The molecule has 0 unspecified atom stereocenters. The van der Waals surface area contributed by atoms with Crippen molar-refractivity contribution >= 4 is 40.1 Å². The summed E-state index contributed by atoms with van der Waals surface area (Å²) in [6.07, 6.45) is 1.74. The molecule has 0 atom stereocenters. The molecule has 0 saturated heterocycles. The first-order valence-corrected chi connectivity index (χ1v) is 12.9. The number of carbonyl (C=O) groups excluding carboxylic acids is 2. The van der Waals surface area contributed by atoms with E-state index >= 15 is 0 Å². The van der Waals surface area contributed by atoms with Gasteiger partial charge in [0.05, 0.1) is 5.56 Å². The van der Waals surface area contributed by atoms with Crippen LogP contribution in [0.3, 0.4) is 0 Å². The summed E-state index contributed by atoms with van der Waals surface area (Å²) in [7, 11) is 0. The maximum absolute atomic E-state index is 13.2. The third-order valence-electron chi connectivity index (χ3n) is 6.30. The average Bonchev–Trinajstić information content (AvgIpc) is 3.57. The van der Waals surface area contributed by atoms with Crippen LogP contribution in [-0.2, 0) is 6.61 Å². The summed E-state index contributed by atoms with van der Waals surface area (Å²) in [6, 6.07) is 21.9. The van der Waals surface area contributed by atoms with Crippen molar-refractivity contribution in [2.24, 2.45) is 0 Å². The van der Waals surface area contributed by atoms with E-state index in [1.54, 1.807) is 49.4 Å². The molecule has 0 aliphatic carbocycles. The van der Waals surface area contributed by atoms with Gasteiger partial charge in [-0.25, -0.2) is 4.79 Å². The Hall–Kier alpha value is -4.62. The molecule has 1 aliphatic rings. The van der Waals surface area contributed by atoms with Crippen LogP contribution >= 0.6 is 11.3 Å². The molecule has 0 bridgehead atoms. The van der Waals surface area contributed by atoms with E-state index in [9.17, 15) is 9.59 Å². The van der Waals surface area contributed by atoms with Gasteiger partial charge in [-0.3, -0.25) is 4.79 Å². The number of esters is 1. The second-order valence-electron chi connectivity index (χ2n) is 8.92. The van der Waals surface area contributed by atoms with Crippen LogP contribution in [0.25, 0.3) is 17.0 Å². The van der Waals surface area contributed by atoms with E-state index in [1.165, 1.54) is 11.3 Å². The first kappa shape index (κ1) is 23.8. The van der Waals surface area contributed by atoms with Crippen molar-refractivity contribution in [2.45, 2.75) is 20.5 Å². The van der Waals surface area contributed by atoms with Crippen LogP contribution in [0.4, 0.5) is 0 Å². The molecule has 0 saturated carbocycles. The molecule has 3 aromatic carbocycles. The Morgan fingerprint density at radius 1 is 0.974 bits per heavy atom. The van der Waals surface area contributed by atoms with Crippen LogP contribution in [0.5, 0.6) is 17.2 Å². The number of carbonyl (C=O) groups is 2. The highest BCUT2D eigenvalue weighted by atomic mass is 32.1. The molecular formula is C31H22O6S. The van der Waals surface area contributed by atoms with Crippen molar-refractivity contribution in [1.82, 2.24) is 0 Å². The molecule has 1 aliphatic heterocycles. The van der Waals surface area contributed by atoms with E-state index in [0.29, 0.717) is 46.0 Å². The zero-order chi connectivity index (χ0) is 26.2. The molecule has 6 rings (SSSR count). The van der Waals surface area contributed by atoms with Gasteiger partial charge in [0.25, 0.3) is 0 Å². The third-order valence-corrected chi connectivity index (χ3v) is 7.27. The summed E-state index contributed by atoms with van der Waals surface area (Å²) >= 11 is 1.54. The van der Waals surface area contributed by atoms with Gasteiger partial charge in [-0.1, -0.05) is 30.3 Å². The summed E-state index contributed by atoms with van der Waals surface area (Å²) in [5, 5.41) is 2.56. The first-order valence-electron chi connectivity index (χ1n) is 12.0. The normalized spacial score (nSPS) is 13.5. The van der Waals surface area contributed by atoms with Crippen molar-refractivity contribution in [3.05, 3.63) is 117 Å². The number of furan rings is 1. The van der Waals surface area contributed by atoms with Crippen molar-refractivity contribution in [1.29, 1.82) is 0 Å². The van der Waals surface area contributed by atoms with Crippen molar-refractivity contribution in [3.8, 4) is 17.2 Å². The van der Waals surface area contributed by atoms with Crippen LogP contribution in [-0.4, -0.2) is 11.8 Å². The van der Waals surface area contributed by atoms with Gasteiger partial charge in [0.15, 0.2) is 5.76 Å². The van der Waals surface area contributed by atoms with Gasteiger partial charge in [-0.05, 0) is 66.8 Å². The number of allylic oxidation sites excluding steroid dienone is 1. The highest BCUT2D eigenvalue weighted by Gasteiger charge is 2.29. The third kappa shape index (κ3) is 4.48. The zero-order valence-electron chi connectivity index (χ0n) is 20.6. The van der Waals surface area contributed by atoms with E-state index in [1.807, 2.05) is 48.7 Å². The number of benzene rings is 3. The second-order valence-corrected chi connectivity index (χ2v) is 9.87. The molecule has 2 aromatic heterocycles. The number of thiophene rings is 1. The molecule has 0 spiro atoms. The summed E-state index contributed by atoms with van der Waals surface area (Å²) in [4.78, 5) is 27.0. The molecule has 7 heteroatoms. The average molecular weight is 523 g/mol. The molecule has 0 fully saturated rings. The van der Waals surface area contributed by atoms with Gasteiger partial charge >= 0.3 is 5.97 Å². The van der Waals surface area contributed by atoms with Gasteiger partial charge in [0.1, 0.15) is 40.8 Å². The van der Waals surface area contributed by atoms with Gasteiger partial charge in [-0.15, -0.1) is 11.3 Å². The minimum Gasteiger partial charge on any atom is -0.489 e. The number of aryl methyl sites for hydroxylation is 2. The molecule has 188 valence electrons. The van der Waals surface area contributed by atoms with Gasteiger partial charge in [0, 0.05) is 22.4 Å². The van der Waals surface area contributed by atoms with E-state index in [0.717, 1.165) is 16.0 Å². The Balaban J connectivity index is 1.23. The van der Waals surface area contributed by atoms with E-state index in [4.69, 9.17) is 18.6 Å². The minimum atomic E-state index is -0.573. The van der Waals surface area contributed by atoms with Crippen LogP contribution < -0.4 is 14.2 Å². The fourth-order valence-electron chi connectivity index (χ4n) is 4.32. The van der Waals surface area contributed by atoms with Gasteiger partial charge in [-0.2, -0.15) is 0 Å². The van der Waals surface area contributed by atoms with E-state index in [-0.39, 0.29) is 17.3 Å². The maximum Gasteiger partial charge on any atom is 0.347 e. The zero-order valence-corrected chi connectivity index (χ0v) is 21.5. The molecule has 0 N–H and O–H groups in total. The molecule has 0 radical (unpaired) electrons. The monoisotopic (exact) mass is 522 g/mol. The first-order chi connectivity index (χ1) is 18.5. The Morgan fingerprint density at radius 3 is 2.58 bits per heavy atom. The van der Waals surface area contributed by atoms with E-state index in [2.05, 4.69) is 0 Å². The van der Waals surface area contributed by atoms with Crippen LogP contribution in [0.2, 0.25) is 0 Å². The summed E-state index contributed by atoms with van der Waals surface area (Å²) in [6.45, 7) is 4.10. The number of rotatable bonds is 6. The Kier molecular flexibility index (Phi) is 6.05.